The lowest BCUT2D eigenvalue weighted by atomic mass is 9.89. The monoisotopic (exact) mass is 498 g/mol. The molecule has 4 atom stereocenters. The zero-order chi connectivity index (χ0) is 26.0. The molecule has 1 aromatic rings. The second-order valence-electron chi connectivity index (χ2n) is 8.89. The van der Waals surface area contributed by atoms with E-state index in [0.29, 0.717) is 25.7 Å². The van der Waals surface area contributed by atoms with Crippen molar-refractivity contribution in [2.45, 2.75) is 70.4 Å². The van der Waals surface area contributed by atoms with Crippen LogP contribution in [-0.4, -0.2) is 46.9 Å². The summed E-state index contributed by atoms with van der Waals surface area (Å²) in [5.74, 6) is -1.53. The van der Waals surface area contributed by atoms with Crippen LogP contribution in [0, 0.1) is 11.8 Å². The smallest absolute Gasteiger partial charge is 0.416 e. The van der Waals surface area contributed by atoms with E-state index < -0.39 is 42.3 Å². The van der Waals surface area contributed by atoms with Crippen molar-refractivity contribution in [3.05, 3.63) is 54.1 Å². The number of esters is 1. The maximum absolute atomic E-state index is 12.8. The van der Waals surface area contributed by atoms with Crippen LogP contribution in [0.4, 0.5) is 13.2 Å². The van der Waals surface area contributed by atoms with Crippen LogP contribution in [-0.2, 0) is 20.5 Å². The SMILES string of the molecule is CC(C)OC(=O)CCCC=CC[C@@H]1[C@@H](/C=C/C(=O)COc2cccc(C(F)(F)F)c2)[C@H](O)C[C@@H]1O. The minimum atomic E-state index is -4.51. The number of rotatable bonds is 12. The maximum Gasteiger partial charge on any atom is 0.416 e. The van der Waals surface area contributed by atoms with Gasteiger partial charge in [0.15, 0.2) is 12.4 Å². The molecule has 35 heavy (non-hydrogen) atoms. The predicted molar refractivity (Wildman–Crippen MR) is 124 cm³/mol. The van der Waals surface area contributed by atoms with Gasteiger partial charge in [-0.05, 0) is 63.3 Å². The minimum Gasteiger partial charge on any atom is -0.485 e. The fraction of sp³-hybridized carbons (Fsp3) is 0.538. The highest BCUT2D eigenvalue weighted by atomic mass is 19.4. The van der Waals surface area contributed by atoms with Crippen LogP contribution in [0.2, 0.25) is 0 Å². The van der Waals surface area contributed by atoms with Gasteiger partial charge in [-0.2, -0.15) is 13.2 Å². The average Bonchev–Trinajstić information content (AvgIpc) is 3.04. The Balaban J connectivity index is 1.83. The summed E-state index contributed by atoms with van der Waals surface area (Å²) in [6.45, 7) is 3.13. The molecule has 0 bridgehead atoms. The van der Waals surface area contributed by atoms with Gasteiger partial charge in [0.1, 0.15) is 5.75 Å². The third-order valence-corrected chi connectivity index (χ3v) is 5.66. The molecule has 0 aromatic heterocycles. The first-order valence-electron chi connectivity index (χ1n) is 11.7. The largest absolute Gasteiger partial charge is 0.485 e. The number of aliphatic hydroxyl groups excluding tert-OH is 2. The molecular weight excluding hydrogens is 465 g/mol. The van der Waals surface area contributed by atoms with E-state index >= 15 is 0 Å². The highest BCUT2D eigenvalue weighted by molar-refractivity contribution is 5.91. The van der Waals surface area contributed by atoms with Gasteiger partial charge >= 0.3 is 12.1 Å². The molecule has 0 saturated heterocycles. The van der Waals surface area contributed by atoms with E-state index in [2.05, 4.69) is 0 Å². The van der Waals surface area contributed by atoms with Crippen molar-refractivity contribution in [1.82, 2.24) is 0 Å². The molecular formula is C26H33F3O6. The highest BCUT2D eigenvalue weighted by Gasteiger charge is 2.39. The number of allylic oxidation sites excluding steroid dienone is 2. The fourth-order valence-electron chi connectivity index (χ4n) is 3.95. The molecule has 0 unspecified atom stereocenters. The van der Waals surface area contributed by atoms with Crippen LogP contribution in [0.25, 0.3) is 0 Å². The van der Waals surface area contributed by atoms with E-state index in [4.69, 9.17) is 9.47 Å². The summed E-state index contributed by atoms with van der Waals surface area (Å²) in [5, 5.41) is 20.6. The lowest BCUT2D eigenvalue weighted by Crippen LogP contribution is -2.20. The maximum atomic E-state index is 12.8. The average molecular weight is 499 g/mol. The van der Waals surface area contributed by atoms with E-state index in [9.17, 15) is 33.0 Å². The second-order valence-corrected chi connectivity index (χ2v) is 8.89. The molecule has 1 saturated carbocycles. The van der Waals surface area contributed by atoms with Gasteiger partial charge in [-0.25, -0.2) is 0 Å². The number of halogens is 3. The molecule has 2 rings (SSSR count). The zero-order valence-electron chi connectivity index (χ0n) is 19.9. The number of carbonyl (C=O) groups is 2. The topological polar surface area (TPSA) is 93.1 Å². The van der Waals surface area contributed by atoms with Gasteiger partial charge in [-0.3, -0.25) is 9.59 Å². The number of unbranched alkanes of at least 4 members (excludes halogenated alkanes) is 1. The van der Waals surface area contributed by atoms with Gasteiger partial charge in [-0.1, -0.05) is 24.3 Å². The van der Waals surface area contributed by atoms with E-state index in [0.717, 1.165) is 12.1 Å². The number of hydrogen-bond acceptors (Lipinski definition) is 6. The second kappa shape index (κ2) is 13.4. The van der Waals surface area contributed by atoms with Crippen LogP contribution in [0.1, 0.15) is 51.5 Å². The third kappa shape index (κ3) is 9.85. The molecule has 0 heterocycles. The molecule has 9 heteroatoms. The zero-order valence-corrected chi connectivity index (χ0v) is 19.9. The van der Waals surface area contributed by atoms with Crippen molar-refractivity contribution in [3.63, 3.8) is 0 Å². The Bertz CT molecular complexity index is 893. The van der Waals surface area contributed by atoms with Crippen LogP contribution in [0.15, 0.2) is 48.6 Å². The summed E-state index contributed by atoms with van der Waals surface area (Å²) in [6.07, 6.45) is 2.66. The summed E-state index contributed by atoms with van der Waals surface area (Å²) in [4.78, 5) is 23.7. The minimum absolute atomic E-state index is 0.0709. The van der Waals surface area contributed by atoms with Gasteiger partial charge in [0.25, 0.3) is 0 Å². The molecule has 1 aliphatic rings. The number of alkyl halides is 3. The lowest BCUT2D eigenvalue weighted by molar-refractivity contribution is -0.147. The Labute approximate surface area is 203 Å². The molecule has 1 fully saturated rings. The van der Waals surface area contributed by atoms with Gasteiger partial charge < -0.3 is 19.7 Å². The van der Waals surface area contributed by atoms with Gasteiger partial charge in [-0.15, -0.1) is 0 Å². The number of ketones is 1. The first kappa shape index (κ1) is 28.6. The lowest BCUT2D eigenvalue weighted by Gasteiger charge is -2.19. The van der Waals surface area contributed by atoms with Gasteiger partial charge in [0.05, 0.1) is 23.9 Å². The van der Waals surface area contributed by atoms with Crippen molar-refractivity contribution in [2.75, 3.05) is 6.61 Å². The Hall–Kier alpha value is -2.65. The summed E-state index contributed by atoms with van der Waals surface area (Å²) in [5.41, 5.74) is -0.868. The number of ether oxygens (including phenoxy) is 2. The molecule has 194 valence electrons. The van der Waals surface area contributed by atoms with Crippen molar-refractivity contribution in [1.29, 1.82) is 0 Å². The van der Waals surface area contributed by atoms with Crippen molar-refractivity contribution in [2.24, 2.45) is 11.8 Å². The summed E-state index contributed by atoms with van der Waals surface area (Å²) < 4.78 is 48.6. The Morgan fingerprint density at radius 2 is 1.91 bits per heavy atom. The fourth-order valence-corrected chi connectivity index (χ4v) is 3.95. The van der Waals surface area contributed by atoms with E-state index in [1.807, 2.05) is 12.2 Å². The highest BCUT2D eigenvalue weighted by Crippen LogP contribution is 2.36. The van der Waals surface area contributed by atoms with E-state index in [-0.39, 0.29) is 30.2 Å². The van der Waals surface area contributed by atoms with Gasteiger partial charge in [0, 0.05) is 18.8 Å². The molecule has 0 aliphatic heterocycles. The summed E-state index contributed by atoms with van der Waals surface area (Å²) in [7, 11) is 0. The quantitative estimate of drug-likeness (QED) is 0.189. The molecule has 1 aliphatic carbocycles. The van der Waals surface area contributed by atoms with Crippen LogP contribution in [0.3, 0.4) is 0 Å². The van der Waals surface area contributed by atoms with Crippen molar-refractivity contribution in [3.8, 4) is 5.75 Å². The van der Waals surface area contributed by atoms with Crippen molar-refractivity contribution < 1.29 is 42.4 Å². The van der Waals surface area contributed by atoms with Crippen LogP contribution < -0.4 is 4.74 Å². The molecule has 0 radical (unpaired) electrons. The molecule has 0 amide bonds. The predicted octanol–water partition coefficient (Wildman–Crippen LogP) is 4.64. The molecule has 2 N–H and O–H groups in total. The summed E-state index contributed by atoms with van der Waals surface area (Å²) >= 11 is 0. The molecule has 0 spiro atoms. The van der Waals surface area contributed by atoms with Crippen LogP contribution in [0.5, 0.6) is 5.75 Å². The van der Waals surface area contributed by atoms with E-state index in [1.165, 1.54) is 24.3 Å². The number of aliphatic hydroxyl groups is 2. The Kier molecular flexibility index (Phi) is 11.0. The van der Waals surface area contributed by atoms with E-state index in [1.54, 1.807) is 13.8 Å². The molecule has 6 nitrogen and oxygen atoms in total. The Morgan fingerprint density at radius 1 is 1.17 bits per heavy atom. The number of hydrogen-bond donors (Lipinski definition) is 2. The normalized spacial score (nSPS) is 22.9. The van der Waals surface area contributed by atoms with Crippen LogP contribution >= 0.6 is 0 Å². The summed E-state index contributed by atoms with van der Waals surface area (Å²) in [6, 6.07) is 4.27. The first-order chi connectivity index (χ1) is 16.5. The standard InChI is InChI=1S/C26H33F3O6/c1-17(2)35-25(33)11-6-4-3-5-10-21-22(24(32)15-23(21)31)13-12-19(30)16-34-20-9-7-8-18(14-20)26(27,28)29/h3,5,7-9,12-14,17,21-24,31-32H,4,6,10-11,15-16H2,1-2H3/b5-3?,13-12+/t21-,22-,23+,24-/m1/s1. The number of carbonyl (C=O) groups excluding carboxylic acids is 2. The first-order valence-corrected chi connectivity index (χ1v) is 11.7. The van der Waals surface area contributed by atoms with Crippen molar-refractivity contribution >= 4 is 11.8 Å². The third-order valence-electron chi connectivity index (χ3n) is 5.66. The molecule has 1 aromatic carbocycles. The Morgan fingerprint density at radius 3 is 2.60 bits per heavy atom. The van der Waals surface area contributed by atoms with Gasteiger partial charge in [0.2, 0.25) is 0 Å². The number of benzene rings is 1.